The summed E-state index contributed by atoms with van der Waals surface area (Å²) in [6.45, 7) is 8.50. The molecule has 0 aliphatic rings. The maximum Gasteiger partial charge on any atom is 0.508 e. The number of carboxylic acid groups (broad SMARTS) is 1. The number of rotatable bonds is 17. The number of hydrogen-bond donors (Lipinski definition) is 3. The molecule has 0 fully saturated rings. The molecule has 226 valence electrons. The van der Waals surface area contributed by atoms with Crippen molar-refractivity contribution in [3.63, 3.8) is 0 Å². The summed E-state index contributed by atoms with van der Waals surface area (Å²) in [6.07, 6.45) is 0.550. The van der Waals surface area contributed by atoms with Gasteiger partial charge in [0.05, 0.1) is 12.5 Å². The van der Waals surface area contributed by atoms with Gasteiger partial charge in [0, 0.05) is 17.5 Å². The van der Waals surface area contributed by atoms with Crippen molar-refractivity contribution in [1.29, 1.82) is 0 Å². The predicted molar refractivity (Wildman–Crippen MR) is 162 cm³/mol. The van der Waals surface area contributed by atoms with Crippen molar-refractivity contribution < 1.29 is 38.5 Å². The van der Waals surface area contributed by atoms with Gasteiger partial charge < -0.3 is 30.0 Å². The molecule has 0 saturated heterocycles. The molecule has 1 aromatic carbocycles. The van der Waals surface area contributed by atoms with Crippen LogP contribution < -0.4 is 10.6 Å². The normalized spacial score (nSPS) is 14.2. The third-order valence-corrected chi connectivity index (χ3v) is 8.49. The smallest absolute Gasteiger partial charge is 0.480 e. The molecule has 4 atom stereocenters. The first kappa shape index (κ1) is 35.8. The van der Waals surface area contributed by atoms with Crippen LogP contribution >= 0.6 is 33.3 Å². The van der Waals surface area contributed by atoms with Crippen LogP contribution in [0.4, 0.5) is 9.59 Å². The Kier molecular flexibility index (Phi) is 17.0. The minimum Gasteiger partial charge on any atom is -0.480 e. The fourth-order valence-corrected chi connectivity index (χ4v) is 6.46. The quantitative estimate of drug-likeness (QED) is 0.123. The molecule has 0 bridgehead atoms. The van der Waals surface area contributed by atoms with E-state index >= 15 is 0 Å². The molecule has 1 rings (SSSR count). The fourth-order valence-electron chi connectivity index (χ4n) is 3.34. The maximum atomic E-state index is 13.3. The zero-order valence-electron chi connectivity index (χ0n) is 24.0. The van der Waals surface area contributed by atoms with E-state index in [9.17, 15) is 24.3 Å². The van der Waals surface area contributed by atoms with Gasteiger partial charge in [0.15, 0.2) is 6.04 Å². The zero-order valence-corrected chi connectivity index (χ0v) is 26.4. The van der Waals surface area contributed by atoms with Crippen molar-refractivity contribution in [2.45, 2.75) is 71.2 Å². The average molecular weight is 619 g/mol. The summed E-state index contributed by atoms with van der Waals surface area (Å²) in [4.78, 5) is 49.1. The molecular formula is C27H42N2O8S3. The first-order valence-corrected chi connectivity index (χ1v) is 16.9. The summed E-state index contributed by atoms with van der Waals surface area (Å²) < 4.78 is 15.1. The minimum absolute atomic E-state index is 0.0785. The summed E-state index contributed by atoms with van der Waals surface area (Å²) in [7, 11) is 3.00. The van der Waals surface area contributed by atoms with Gasteiger partial charge in [-0.2, -0.15) is 11.8 Å². The molecule has 0 aliphatic carbocycles. The van der Waals surface area contributed by atoms with Crippen molar-refractivity contribution >= 4 is 57.5 Å². The van der Waals surface area contributed by atoms with Crippen LogP contribution in [-0.2, 0) is 30.2 Å². The number of carboxylic acids is 1. The molecule has 13 heteroatoms. The lowest BCUT2D eigenvalue weighted by molar-refractivity contribution is -0.145. The number of benzene rings is 1. The molecule has 0 heterocycles. The third kappa shape index (κ3) is 15.5. The highest BCUT2D eigenvalue weighted by molar-refractivity contribution is 8.76. The van der Waals surface area contributed by atoms with Gasteiger partial charge in [0.25, 0.3) is 0 Å². The van der Waals surface area contributed by atoms with E-state index in [0.29, 0.717) is 17.9 Å². The third-order valence-electron chi connectivity index (χ3n) is 5.29. The van der Waals surface area contributed by atoms with Crippen LogP contribution in [0, 0.1) is 5.92 Å². The number of hydrogen-bond acceptors (Lipinski definition) is 10. The van der Waals surface area contributed by atoms with Gasteiger partial charge in [-0.25, -0.2) is 14.4 Å². The van der Waals surface area contributed by atoms with E-state index in [1.807, 2.05) is 57.4 Å². The second-order valence-corrected chi connectivity index (χ2v) is 13.4. The maximum absolute atomic E-state index is 13.3. The number of aliphatic carboxylic acids is 1. The molecule has 0 aromatic heterocycles. The summed E-state index contributed by atoms with van der Waals surface area (Å²) in [5.74, 6) is -0.475. The van der Waals surface area contributed by atoms with Gasteiger partial charge in [-0.3, -0.25) is 4.79 Å². The monoisotopic (exact) mass is 618 g/mol. The van der Waals surface area contributed by atoms with Gasteiger partial charge in [-0.05, 0) is 65.0 Å². The lowest BCUT2D eigenvalue weighted by Crippen LogP contribution is -2.51. The number of carbonyl (C=O) groups excluding carboxylic acids is 3. The minimum atomic E-state index is -1.44. The van der Waals surface area contributed by atoms with E-state index in [-0.39, 0.29) is 12.6 Å². The number of carbonyl (C=O) groups is 4. The Bertz CT molecular complexity index is 930. The lowest BCUT2D eigenvalue weighted by Gasteiger charge is -2.25. The van der Waals surface area contributed by atoms with Crippen molar-refractivity contribution in [3.8, 4) is 0 Å². The molecular weight excluding hydrogens is 577 g/mol. The number of alkyl carbamates (subject to hydrolysis) is 1. The number of ether oxygens (including phenoxy) is 3. The van der Waals surface area contributed by atoms with Gasteiger partial charge in [0.2, 0.25) is 5.91 Å². The molecule has 0 aliphatic heterocycles. The number of nitrogens with one attached hydrogen (secondary N) is 2. The Morgan fingerprint density at radius 3 is 2.25 bits per heavy atom. The summed E-state index contributed by atoms with van der Waals surface area (Å²) in [5.41, 5.74) is 0.334. The van der Waals surface area contributed by atoms with Crippen LogP contribution in [0.2, 0.25) is 0 Å². The Hall–Kier alpha value is -2.25. The molecule has 40 heavy (non-hydrogen) atoms. The topological polar surface area (TPSA) is 140 Å². The predicted octanol–water partition coefficient (Wildman–Crippen LogP) is 5.00. The van der Waals surface area contributed by atoms with Crippen molar-refractivity contribution in [1.82, 2.24) is 10.6 Å². The highest BCUT2D eigenvalue weighted by atomic mass is 33.1. The molecule has 10 nitrogen and oxygen atoms in total. The first-order chi connectivity index (χ1) is 18.9. The van der Waals surface area contributed by atoms with Crippen molar-refractivity contribution in [3.05, 3.63) is 35.9 Å². The highest BCUT2D eigenvalue weighted by Crippen LogP contribution is 2.27. The van der Waals surface area contributed by atoms with Crippen LogP contribution in [0.3, 0.4) is 0 Å². The van der Waals surface area contributed by atoms with Crippen LogP contribution in [0.15, 0.2) is 30.3 Å². The van der Waals surface area contributed by atoms with Gasteiger partial charge >= 0.3 is 18.2 Å². The second-order valence-electron chi connectivity index (χ2n) is 9.91. The van der Waals surface area contributed by atoms with E-state index in [0.717, 1.165) is 17.7 Å². The van der Waals surface area contributed by atoms with E-state index in [1.165, 1.54) is 28.5 Å². The summed E-state index contributed by atoms with van der Waals surface area (Å²) in [5, 5.41) is 15.2. The van der Waals surface area contributed by atoms with E-state index in [4.69, 9.17) is 14.2 Å². The van der Waals surface area contributed by atoms with Crippen LogP contribution in [-0.4, -0.2) is 83.1 Å². The molecule has 4 unspecified atom stereocenters. The van der Waals surface area contributed by atoms with Gasteiger partial charge in [-0.15, -0.1) is 0 Å². The zero-order chi connectivity index (χ0) is 30.1. The molecule has 3 N–H and O–H groups in total. The van der Waals surface area contributed by atoms with Crippen molar-refractivity contribution in [2.24, 2.45) is 5.92 Å². The van der Waals surface area contributed by atoms with Gasteiger partial charge in [-0.1, -0.05) is 51.9 Å². The Labute approximate surface area is 249 Å². The second kappa shape index (κ2) is 19.0. The Morgan fingerprint density at radius 1 is 1.02 bits per heavy atom. The number of thioether (sulfide) groups is 1. The molecule has 1 aromatic rings. The summed E-state index contributed by atoms with van der Waals surface area (Å²) >= 11 is 1.69. The summed E-state index contributed by atoms with van der Waals surface area (Å²) in [6, 6.07) is 7.88. The average Bonchev–Trinajstić information content (AvgIpc) is 2.86. The Balaban J connectivity index is 2.86. The van der Waals surface area contributed by atoms with E-state index in [2.05, 4.69) is 10.6 Å². The van der Waals surface area contributed by atoms with Gasteiger partial charge in [0.1, 0.15) is 11.7 Å². The van der Waals surface area contributed by atoms with Crippen molar-refractivity contribution in [2.75, 3.05) is 30.1 Å². The molecule has 0 radical (unpaired) electrons. The first-order valence-electron chi connectivity index (χ1n) is 13.0. The fraction of sp³-hybridized carbons (Fsp3) is 0.630. The largest absolute Gasteiger partial charge is 0.508 e. The van der Waals surface area contributed by atoms with E-state index < -0.39 is 47.8 Å². The lowest BCUT2D eigenvalue weighted by atomic mass is 9.99. The molecule has 0 saturated carbocycles. The Morgan fingerprint density at radius 2 is 1.68 bits per heavy atom. The molecule has 2 amide bonds. The van der Waals surface area contributed by atoms with Crippen LogP contribution in [0.5, 0.6) is 0 Å². The van der Waals surface area contributed by atoms with Crippen LogP contribution in [0.1, 0.15) is 46.6 Å². The number of amides is 2. The van der Waals surface area contributed by atoms with E-state index in [1.54, 1.807) is 18.7 Å². The van der Waals surface area contributed by atoms with Crippen LogP contribution in [0.25, 0.3) is 0 Å². The SMILES string of the molecule is CCOC(=O)OC(C)C(NC(=O)C(CSSCC(CCSC)NC(=O)OC(C)(C)C)Cc1ccccc1)C(=O)O. The highest BCUT2D eigenvalue weighted by Gasteiger charge is 2.32. The molecule has 0 spiro atoms. The standard InChI is InChI=1S/C27H42N2O8S3/c1-7-35-26(34)36-18(2)22(24(31)32)29-23(30)20(15-19-11-9-8-10-12-19)16-39-40-17-21(13-14-38-6)28-25(33)37-27(3,4)5/h8-12,18,20-22H,7,13-17H2,1-6H3,(H,28,33)(H,29,30)(H,31,32).